The first-order valence-electron chi connectivity index (χ1n) is 4.49. The number of carbonyl (C=O) groups is 1. The zero-order valence-corrected chi connectivity index (χ0v) is 9.14. The van der Waals surface area contributed by atoms with Crippen LogP contribution in [0.25, 0.3) is 5.82 Å². The lowest BCUT2D eigenvalue weighted by Gasteiger charge is -1.98. The van der Waals surface area contributed by atoms with Gasteiger partial charge in [0.05, 0.1) is 10.7 Å². The van der Waals surface area contributed by atoms with Gasteiger partial charge in [0.25, 0.3) is 0 Å². The summed E-state index contributed by atoms with van der Waals surface area (Å²) >= 11 is 5.70. The molecule has 0 saturated heterocycles. The number of carboxylic acids is 1. The van der Waals surface area contributed by atoms with Crippen LogP contribution in [0, 0.1) is 6.92 Å². The molecule has 0 atom stereocenters. The highest BCUT2D eigenvalue weighted by molar-refractivity contribution is 6.30. The number of carboxylic acid groups (broad SMARTS) is 1. The van der Waals surface area contributed by atoms with E-state index >= 15 is 0 Å². The molecule has 2 aromatic rings. The highest BCUT2D eigenvalue weighted by atomic mass is 35.5. The lowest BCUT2D eigenvalue weighted by Crippen LogP contribution is -1.97. The topological polar surface area (TPSA) is 68.0 Å². The molecule has 0 bridgehead atoms. The molecule has 0 aliphatic heterocycles. The Morgan fingerprint density at radius 1 is 1.50 bits per heavy atom. The second-order valence-electron chi connectivity index (χ2n) is 3.21. The molecule has 0 spiro atoms. The van der Waals surface area contributed by atoms with Crippen molar-refractivity contribution in [1.29, 1.82) is 0 Å². The Kier molecular flexibility index (Phi) is 2.62. The van der Waals surface area contributed by atoms with Crippen LogP contribution in [0.2, 0.25) is 5.02 Å². The summed E-state index contributed by atoms with van der Waals surface area (Å²) in [6.45, 7) is 1.63. The first-order valence-corrected chi connectivity index (χ1v) is 4.87. The Labute approximate surface area is 96.3 Å². The van der Waals surface area contributed by atoms with Crippen molar-refractivity contribution < 1.29 is 9.90 Å². The largest absolute Gasteiger partial charge is 0.478 e. The number of rotatable bonds is 2. The molecule has 5 nitrogen and oxygen atoms in total. The maximum Gasteiger partial charge on any atom is 0.339 e. The molecule has 2 rings (SSSR count). The Balaban J connectivity index is 2.45. The van der Waals surface area contributed by atoms with Gasteiger partial charge in [-0.1, -0.05) is 11.6 Å². The third-order valence-corrected chi connectivity index (χ3v) is 2.30. The summed E-state index contributed by atoms with van der Waals surface area (Å²) in [7, 11) is 0. The number of aromatic carboxylic acids is 1. The van der Waals surface area contributed by atoms with E-state index < -0.39 is 5.97 Å². The van der Waals surface area contributed by atoms with Gasteiger partial charge in [0.15, 0.2) is 5.82 Å². The summed E-state index contributed by atoms with van der Waals surface area (Å²) in [4.78, 5) is 14.9. The highest BCUT2D eigenvalue weighted by Gasteiger charge is 2.12. The average Bonchev–Trinajstić information content (AvgIpc) is 2.61. The zero-order chi connectivity index (χ0) is 11.7. The fourth-order valence-electron chi connectivity index (χ4n) is 1.29. The number of aryl methyl sites for hydroxylation is 1. The van der Waals surface area contributed by atoms with Crippen LogP contribution in [0.15, 0.2) is 24.5 Å². The first-order chi connectivity index (χ1) is 7.58. The number of halogens is 1. The van der Waals surface area contributed by atoms with Crippen LogP contribution in [0.3, 0.4) is 0 Å². The second-order valence-corrected chi connectivity index (χ2v) is 3.65. The van der Waals surface area contributed by atoms with E-state index in [4.69, 9.17) is 16.7 Å². The van der Waals surface area contributed by atoms with Gasteiger partial charge in [0.1, 0.15) is 5.56 Å². The van der Waals surface area contributed by atoms with Gasteiger partial charge in [0.2, 0.25) is 0 Å². The van der Waals surface area contributed by atoms with Crippen molar-refractivity contribution in [3.05, 3.63) is 40.8 Å². The number of nitrogens with zero attached hydrogens (tertiary/aromatic N) is 3. The Bertz CT molecular complexity index is 533. The molecule has 82 valence electrons. The van der Waals surface area contributed by atoms with Gasteiger partial charge in [-0.05, 0) is 19.1 Å². The fraction of sp³-hybridized carbons (Fsp3) is 0.100. The number of pyridine rings is 1. The minimum Gasteiger partial charge on any atom is -0.478 e. The molecule has 0 radical (unpaired) electrons. The van der Waals surface area contributed by atoms with E-state index in [0.29, 0.717) is 16.5 Å². The fourth-order valence-corrected chi connectivity index (χ4v) is 1.40. The van der Waals surface area contributed by atoms with Crippen LogP contribution in [-0.4, -0.2) is 25.8 Å². The van der Waals surface area contributed by atoms with Gasteiger partial charge in [-0.15, -0.1) is 0 Å². The minimum absolute atomic E-state index is 0.164. The Hall–Kier alpha value is -1.88. The molecule has 2 aromatic heterocycles. The monoisotopic (exact) mass is 237 g/mol. The van der Waals surface area contributed by atoms with E-state index in [0.717, 1.165) is 0 Å². The first kappa shape index (κ1) is 10.6. The standard InChI is InChI=1S/C10H8ClN3O2/c1-6-8(10(15)16)5-14(13-6)9-3-2-7(11)4-12-9/h2-5H,1H3,(H,15,16). The molecule has 2 heterocycles. The van der Waals surface area contributed by atoms with Crippen LogP contribution >= 0.6 is 11.6 Å². The van der Waals surface area contributed by atoms with Gasteiger partial charge in [-0.2, -0.15) is 5.10 Å². The summed E-state index contributed by atoms with van der Waals surface area (Å²) in [5, 5.41) is 13.5. The molecule has 0 aliphatic rings. The lowest BCUT2D eigenvalue weighted by molar-refractivity contribution is 0.0696. The van der Waals surface area contributed by atoms with Gasteiger partial charge in [-0.25, -0.2) is 14.5 Å². The molecular weight excluding hydrogens is 230 g/mol. The predicted octanol–water partition coefficient (Wildman–Crippen LogP) is 1.93. The van der Waals surface area contributed by atoms with Gasteiger partial charge >= 0.3 is 5.97 Å². The summed E-state index contributed by atoms with van der Waals surface area (Å²) in [5.74, 6) is -0.474. The van der Waals surface area contributed by atoms with Crippen LogP contribution in [0.4, 0.5) is 0 Å². The third-order valence-electron chi connectivity index (χ3n) is 2.08. The normalized spacial score (nSPS) is 10.4. The van der Waals surface area contributed by atoms with Crippen molar-refractivity contribution in [1.82, 2.24) is 14.8 Å². The van der Waals surface area contributed by atoms with E-state index in [9.17, 15) is 4.79 Å². The van der Waals surface area contributed by atoms with E-state index in [1.807, 2.05) is 0 Å². The number of hydrogen-bond acceptors (Lipinski definition) is 3. The van der Waals surface area contributed by atoms with E-state index in [-0.39, 0.29) is 5.56 Å². The maximum absolute atomic E-state index is 10.8. The van der Waals surface area contributed by atoms with Gasteiger partial charge in [-0.3, -0.25) is 0 Å². The van der Waals surface area contributed by atoms with Crippen molar-refractivity contribution in [2.24, 2.45) is 0 Å². The SMILES string of the molecule is Cc1nn(-c2ccc(Cl)cn2)cc1C(=O)O. The van der Waals surface area contributed by atoms with Crippen molar-refractivity contribution >= 4 is 17.6 Å². The van der Waals surface area contributed by atoms with Crippen LogP contribution in [-0.2, 0) is 0 Å². The number of hydrogen-bond donors (Lipinski definition) is 1. The van der Waals surface area contributed by atoms with Crippen LogP contribution in [0.5, 0.6) is 0 Å². The van der Waals surface area contributed by atoms with E-state index in [2.05, 4.69) is 10.1 Å². The average molecular weight is 238 g/mol. The molecule has 0 aliphatic carbocycles. The smallest absolute Gasteiger partial charge is 0.339 e. The van der Waals surface area contributed by atoms with Crippen molar-refractivity contribution in [3.8, 4) is 5.82 Å². The quantitative estimate of drug-likeness (QED) is 0.867. The molecule has 0 amide bonds. The summed E-state index contributed by atoms with van der Waals surface area (Å²) in [6, 6.07) is 3.34. The number of aromatic nitrogens is 3. The van der Waals surface area contributed by atoms with Crippen molar-refractivity contribution in [2.45, 2.75) is 6.92 Å². The third kappa shape index (κ3) is 1.90. The van der Waals surface area contributed by atoms with Crippen molar-refractivity contribution in [3.63, 3.8) is 0 Å². The summed E-state index contributed by atoms with van der Waals surface area (Å²) in [5.41, 5.74) is 0.612. The van der Waals surface area contributed by atoms with E-state index in [1.54, 1.807) is 19.1 Å². The molecular formula is C10H8ClN3O2. The Morgan fingerprint density at radius 3 is 2.75 bits per heavy atom. The van der Waals surface area contributed by atoms with Gasteiger partial charge in [0, 0.05) is 12.4 Å². The minimum atomic E-state index is -1.00. The molecule has 0 aromatic carbocycles. The molecule has 0 unspecified atom stereocenters. The van der Waals surface area contributed by atoms with E-state index in [1.165, 1.54) is 17.1 Å². The van der Waals surface area contributed by atoms with Gasteiger partial charge < -0.3 is 5.11 Å². The van der Waals surface area contributed by atoms with Crippen LogP contribution < -0.4 is 0 Å². The van der Waals surface area contributed by atoms with Crippen molar-refractivity contribution in [2.75, 3.05) is 0 Å². The summed E-state index contributed by atoms with van der Waals surface area (Å²) < 4.78 is 1.41. The molecule has 6 heteroatoms. The summed E-state index contributed by atoms with van der Waals surface area (Å²) in [6.07, 6.45) is 2.91. The van der Waals surface area contributed by atoms with Crippen LogP contribution in [0.1, 0.15) is 16.1 Å². The maximum atomic E-state index is 10.8. The lowest BCUT2D eigenvalue weighted by atomic mass is 10.3. The molecule has 0 saturated carbocycles. The molecule has 0 fully saturated rings. The predicted molar refractivity (Wildman–Crippen MR) is 58.1 cm³/mol. The molecule has 1 N–H and O–H groups in total. The Morgan fingerprint density at radius 2 is 2.25 bits per heavy atom. The highest BCUT2D eigenvalue weighted by Crippen LogP contribution is 2.12. The zero-order valence-electron chi connectivity index (χ0n) is 8.38. The molecule has 16 heavy (non-hydrogen) atoms. The second kappa shape index (κ2) is 3.94.